The van der Waals surface area contributed by atoms with Gasteiger partial charge < -0.3 is 4.74 Å². The van der Waals surface area contributed by atoms with Gasteiger partial charge in [0.15, 0.2) is 0 Å². The van der Waals surface area contributed by atoms with Gasteiger partial charge in [0.2, 0.25) is 0 Å². The Balaban J connectivity index is 2.17. The topological polar surface area (TPSA) is 33.0 Å². The van der Waals surface area contributed by atoms with E-state index < -0.39 is 5.82 Å². The van der Waals surface area contributed by atoms with Crippen molar-refractivity contribution in [1.29, 1.82) is 5.26 Å². The van der Waals surface area contributed by atoms with Crippen molar-refractivity contribution in [3.05, 3.63) is 63.4 Å². The summed E-state index contributed by atoms with van der Waals surface area (Å²) in [5.74, 6) is 0.185. The number of benzene rings is 2. The summed E-state index contributed by atoms with van der Waals surface area (Å²) in [5, 5.41) is 8.77. The molecule has 2 rings (SSSR count). The minimum Gasteiger partial charge on any atom is -0.489 e. The van der Waals surface area contributed by atoms with Crippen molar-refractivity contribution < 1.29 is 9.13 Å². The number of aryl methyl sites for hydroxylation is 1. The second kappa shape index (κ2) is 5.85. The van der Waals surface area contributed by atoms with Crippen molar-refractivity contribution in [2.24, 2.45) is 0 Å². The van der Waals surface area contributed by atoms with Crippen LogP contribution < -0.4 is 4.74 Å². The summed E-state index contributed by atoms with van der Waals surface area (Å²) in [6.07, 6.45) is 0. The first kappa shape index (κ1) is 13.6. The van der Waals surface area contributed by atoms with Crippen LogP contribution in [0.5, 0.6) is 5.75 Å². The van der Waals surface area contributed by atoms with Crippen LogP contribution in [0, 0.1) is 24.1 Å². The summed E-state index contributed by atoms with van der Waals surface area (Å²) < 4.78 is 20.4. The zero-order valence-corrected chi connectivity index (χ0v) is 11.9. The van der Waals surface area contributed by atoms with Gasteiger partial charge in [-0.15, -0.1) is 0 Å². The van der Waals surface area contributed by atoms with Crippen molar-refractivity contribution in [3.63, 3.8) is 0 Å². The highest BCUT2D eigenvalue weighted by Crippen LogP contribution is 2.23. The van der Waals surface area contributed by atoms with Crippen molar-refractivity contribution >= 4 is 15.9 Å². The van der Waals surface area contributed by atoms with Gasteiger partial charge in [-0.1, -0.05) is 28.1 Å². The van der Waals surface area contributed by atoms with Crippen LogP contribution in [0.1, 0.15) is 16.7 Å². The van der Waals surface area contributed by atoms with Gasteiger partial charge in [0, 0.05) is 10.0 Å². The maximum Gasteiger partial charge on any atom is 0.147 e. The van der Waals surface area contributed by atoms with Crippen molar-refractivity contribution in [2.45, 2.75) is 13.5 Å². The molecule has 0 amide bonds. The Bertz CT molecular complexity index is 649. The number of nitriles is 1. The molecule has 0 bridgehead atoms. The standard InChI is InChI=1S/C15H11BrFNO/c1-10-7-13(16)5-6-14(10)19-9-12-4-2-3-11(8-18)15(12)17/h2-7H,9H2,1H3. The van der Waals surface area contributed by atoms with Crippen molar-refractivity contribution in [3.8, 4) is 11.8 Å². The third-order valence-electron chi connectivity index (χ3n) is 2.72. The summed E-state index contributed by atoms with van der Waals surface area (Å²) in [6, 6.07) is 12.1. The first-order chi connectivity index (χ1) is 9.11. The number of hydrogen-bond acceptors (Lipinski definition) is 2. The molecule has 0 aromatic heterocycles. The largest absolute Gasteiger partial charge is 0.489 e. The van der Waals surface area contributed by atoms with Gasteiger partial charge >= 0.3 is 0 Å². The zero-order valence-electron chi connectivity index (χ0n) is 10.3. The zero-order chi connectivity index (χ0) is 13.8. The van der Waals surface area contributed by atoms with E-state index in [1.54, 1.807) is 12.1 Å². The second-order valence-corrected chi connectivity index (χ2v) is 5.00. The fourth-order valence-electron chi connectivity index (χ4n) is 1.71. The second-order valence-electron chi connectivity index (χ2n) is 4.09. The number of nitrogens with zero attached hydrogens (tertiary/aromatic N) is 1. The molecule has 0 unspecified atom stereocenters. The van der Waals surface area contributed by atoms with Crippen LogP contribution in [0.2, 0.25) is 0 Å². The molecule has 2 aromatic rings. The average molecular weight is 320 g/mol. The quantitative estimate of drug-likeness (QED) is 0.842. The lowest BCUT2D eigenvalue weighted by molar-refractivity contribution is 0.297. The van der Waals surface area contributed by atoms with E-state index in [0.29, 0.717) is 11.3 Å². The first-order valence-corrected chi connectivity index (χ1v) is 6.47. The third kappa shape index (κ3) is 3.12. The SMILES string of the molecule is Cc1cc(Br)ccc1OCc1cccc(C#N)c1F. The highest BCUT2D eigenvalue weighted by atomic mass is 79.9. The summed E-state index contributed by atoms with van der Waals surface area (Å²) in [5.41, 5.74) is 1.38. The number of ether oxygens (including phenoxy) is 1. The van der Waals surface area contributed by atoms with Crippen LogP contribution in [0.25, 0.3) is 0 Å². The molecule has 0 N–H and O–H groups in total. The predicted molar refractivity (Wildman–Crippen MR) is 74.3 cm³/mol. The Morgan fingerprint density at radius 2 is 2.11 bits per heavy atom. The minimum absolute atomic E-state index is 0.0358. The van der Waals surface area contributed by atoms with Gasteiger partial charge in [-0.3, -0.25) is 0 Å². The number of rotatable bonds is 3. The Morgan fingerprint density at radius 3 is 2.79 bits per heavy atom. The van der Waals surface area contributed by atoms with Crippen LogP contribution in [0.15, 0.2) is 40.9 Å². The van der Waals surface area contributed by atoms with E-state index in [1.165, 1.54) is 6.07 Å². The van der Waals surface area contributed by atoms with E-state index in [2.05, 4.69) is 15.9 Å². The molecular weight excluding hydrogens is 309 g/mol. The maximum absolute atomic E-state index is 13.8. The van der Waals surface area contributed by atoms with Crippen LogP contribution in [0.3, 0.4) is 0 Å². The van der Waals surface area contributed by atoms with E-state index in [1.807, 2.05) is 31.2 Å². The van der Waals surface area contributed by atoms with Gasteiger partial charge in [-0.25, -0.2) is 4.39 Å². The molecule has 0 spiro atoms. The summed E-state index contributed by atoms with van der Waals surface area (Å²) in [4.78, 5) is 0. The molecule has 0 aliphatic rings. The van der Waals surface area contributed by atoms with Crippen molar-refractivity contribution in [2.75, 3.05) is 0 Å². The molecule has 0 heterocycles. The molecule has 0 fully saturated rings. The van der Waals surface area contributed by atoms with Gasteiger partial charge in [-0.2, -0.15) is 5.26 Å². The van der Waals surface area contributed by atoms with Crippen LogP contribution in [-0.4, -0.2) is 0 Å². The summed E-state index contributed by atoms with van der Waals surface area (Å²) in [6.45, 7) is 2.02. The van der Waals surface area contributed by atoms with Gasteiger partial charge in [0.1, 0.15) is 24.2 Å². The number of hydrogen-bond donors (Lipinski definition) is 0. The lowest BCUT2D eigenvalue weighted by Crippen LogP contribution is -2.01. The Labute approximate surface area is 119 Å². The molecule has 0 atom stereocenters. The van der Waals surface area contributed by atoms with E-state index >= 15 is 0 Å². The fourth-order valence-corrected chi connectivity index (χ4v) is 2.18. The monoisotopic (exact) mass is 319 g/mol. The predicted octanol–water partition coefficient (Wildman–Crippen LogP) is 4.35. The Kier molecular flexibility index (Phi) is 4.18. The molecule has 2 nitrogen and oxygen atoms in total. The molecule has 96 valence electrons. The summed E-state index contributed by atoms with van der Waals surface area (Å²) >= 11 is 3.37. The van der Waals surface area contributed by atoms with Gasteiger partial charge in [0.25, 0.3) is 0 Å². The highest BCUT2D eigenvalue weighted by molar-refractivity contribution is 9.10. The lowest BCUT2D eigenvalue weighted by Gasteiger charge is -2.10. The first-order valence-electron chi connectivity index (χ1n) is 5.68. The van der Waals surface area contributed by atoms with Crippen LogP contribution in [0.4, 0.5) is 4.39 Å². The minimum atomic E-state index is -0.514. The van der Waals surface area contributed by atoms with Crippen LogP contribution in [-0.2, 0) is 6.61 Å². The molecule has 0 aliphatic carbocycles. The van der Waals surface area contributed by atoms with Crippen LogP contribution >= 0.6 is 15.9 Å². The molecule has 0 radical (unpaired) electrons. The molecule has 0 aliphatic heterocycles. The molecule has 2 aromatic carbocycles. The number of halogens is 2. The molecule has 4 heteroatoms. The molecule has 19 heavy (non-hydrogen) atoms. The third-order valence-corrected chi connectivity index (χ3v) is 3.21. The van der Waals surface area contributed by atoms with E-state index in [-0.39, 0.29) is 12.2 Å². The fraction of sp³-hybridized carbons (Fsp3) is 0.133. The maximum atomic E-state index is 13.8. The van der Waals surface area contributed by atoms with Crippen molar-refractivity contribution in [1.82, 2.24) is 0 Å². The highest BCUT2D eigenvalue weighted by Gasteiger charge is 2.08. The lowest BCUT2D eigenvalue weighted by atomic mass is 10.1. The Hall–Kier alpha value is -1.86. The molecule has 0 saturated carbocycles. The smallest absolute Gasteiger partial charge is 0.147 e. The van der Waals surface area contributed by atoms with E-state index in [9.17, 15) is 4.39 Å². The van der Waals surface area contributed by atoms with Gasteiger partial charge in [-0.05, 0) is 36.8 Å². The van der Waals surface area contributed by atoms with Gasteiger partial charge in [0.05, 0.1) is 5.56 Å². The molecular formula is C15H11BrFNO. The average Bonchev–Trinajstić information content (AvgIpc) is 2.39. The summed E-state index contributed by atoms with van der Waals surface area (Å²) in [7, 11) is 0. The Morgan fingerprint density at radius 1 is 1.32 bits per heavy atom. The van der Waals surface area contributed by atoms with E-state index in [0.717, 1.165) is 10.0 Å². The van der Waals surface area contributed by atoms with E-state index in [4.69, 9.17) is 10.00 Å². The normalized spacial score (nSPS) is 10.0. The molecule has 0 saturated heterocycles.